The molecule has 0 aliphatic rings. The number of halogens is 3. The number of nitrogens with zero attached hydrogens (tertiary/aromatic N) is 6. The molecule has 0 saturated heterocycles. The van der Waals surface area contributed by atoms with E-state index in [1.165, 1.54) is 0 Å². The smallest absolute Gasteiger partial charge is 0.346 e. The van der Waals surface area contributed by atoms with E-state index < -0.39 is 12.1 Å². The minimum absolute atomic E-state index is 0.128. The second-order valence-electron chi connectivity index (χ2n) is 4.85. The first-order valence-electron chi connectivity index (χ1n) is 6.45. The summed E-state index contributed by atoms with van der Waals surface area (Å²) in [6, 6.07) is 6.51. The maximum Gasteiger partial charge on any atom is 0.471 e. The molecule has 3 aromatic rings. The summed E-state index contributed by atoms with van der Waals surface area (Å²) in [7, 11) is 3.63. The van der Waals surface area contributed by atoms with Gasteiger partial charge in [-0.1, -0.05) is 5.16 Å². The third-order valence-corrected chi connectivity index (χ3v) is 2.94. The third kappa shape index (κ3) is 3.00. The highest BCUT2D eigenvalue weighted by atomic mass is 19.4. The zero-order valence-corrected chi connectivity index (χ0v) is 12.1. The van der Waals surface area contributed by atoms with Crippen LogP contribution in [0, 0.1) is 0 Å². The Kier molecular flexibility index (Phi) is 3.51. The molecule has 2 aromatic heterocycles. The molecule has 0 N–H and O–H groups in total. The van der Waals surface area contributed by atoms with Gasteiger partial charge in [0.2, 0.25) is 11.8 Å². The zero-order chi connectivity index (χ0) is 16.6. The first kappa shape index (κ1) is 15.0. The van der Waals surface area contributed by atoms with Crippen molar-refractivity contribution in [2.24, 2.45) is 0 Å². The first-order valence-corrected chi connectivity index (χ1v) is 6.45. The van der Waals surface area contributed by atoms with Crippen molar-refractivity contribution in [3.05, 3.63) is 36.5 Å². The summed E-state index contributed by atoms with van der Waals surface area (Å²) in [6.07, 6.45) is -3.12. The van der Waals surface area contributed by atoms with Crippen LogP contribution in [0.3, 0.4) is 0 Å². The van der Waals surface area contributed by atoms with E-state index in [-0.39, 0.29) is 5.82 Å². The standard InChI is InChI=1S/C13H11F3N6O/c1-21(2)12-17-7-22(19-12)9-5-3-8(4-6-9)10-18-11(23-20-10)13(14,15)16/h3-7H,1-2H3. The molecule has 0 amide bonds. The molecule has 0 bridgehead atoms. The van der Waals surface area contributed by atoms with Crippen molar-refractivity contribution < 1.29 is 17.7 Å². The Hall–Kier alpha value is -2.91. The Balaban J connectivity index is 1.85. The largest absolute Gasteiger partial charge is 0.471 e. The fraction of sp³-hybridized carbons (Fsp3) is 0.231. The summed E-state index contributed by atoms with van der Waals surface area (Å²) in [5.74, 6) is -0.956. The predicted octanol–water partition coefficient (Wildman–Crippen LogP) is 2.40. The molecule has 120 valence electrons. The monoisotopic (exact) mass is 324 g/mol. The van der Waals surface area contributed by atoms with Crippen molar-refractivity contribution in [3.8, 4) is 17.1 Å². The molecule has 10 heteroatoms. The molecule has 0 fully saturated rings. The summed E-state index contributed by atoms with van der Waals surface area (Å²) in [6.45, 7) is 0. The van der Waals surface area contributed by atoms with Gasteiger partial charge in [0.15, 0.2) is 0 Å². The average Bonchev–Trinajstić information content (AvgIpc) is 3.16. The van der Waals surface area contributed by atoms with Gasteiger partial charge in [-0.05, 0) is 24.3 Å². The normalized spacial score (nSPS) is 11.7. The molecule has 0 radical (unpaired) electrons. The van der Waals surface area contributed by atoms with E-state index >= 15 is 0 Å². The van der Waals surface area contributed by atoms with Crippen LogP contribution in [-0.2, 0) is 6.18 Å². The van der Waals surface area contributed by atoms with Gasteiger partial charge in [0.1, 0.15) is 6.33 Å². The molecule has 0 saturated carbocycles. The maximum atomic E-state index is 12.5. The van der Waals surface area contributed by atoms with Gasteiger partial charge >= 0.3 is 12.1 Å². The molecule has 7 nitrogen and oxygen atoms in total. The van der Waals surface area contributed by atoms with Crippen molar-refractivity contribution in [3.63, 3.8) is 0 Å². The Morgan fingerprint density at radius 1 is 1.13 bits per heavy atom. The highest BCUT2D eigenvalue weighted by Crippen LogP contribution is 2.29. The second-order valence-corrected chi connectivity index (χ2v) is 4.85. The molecule has 1 aromatic carbocycles. The van der Waals surface area contributed by atoms with Crippen LogP contribution in [0.2, 0.25) is 0 Å². The Morgan fingerprint density at radius 2 is 1.83 bits per heavy atom. The Bertz CT molecular complexity index is 806. The number of aromatic nitrogens is 5. The second kappa shape index (κ2) is 5.38. The molecule has 3 rings (SSSR count). The highest BCUT2D eigenvalue weighted by molar-refractivity contribution is 5.56. The molecular formula is C13H11F3N6O. The average molecular weight is 324 g/mol. The van der Waals surface area contributed by atoms with Gasteiger partial charge in [0.25, 0.3) is 0 Å². The van der Waals surface area contributed by atoms with Gasteiger partial charge in [0.05, 0.1) is 5.69 Å². The van der Waals surface area contributed by atoms with Gasteiger partial charge < -0.3 is 9.42 Å². The summed E-state index contributed by atoms with van der Waals surface area (Å²) >= 11 is 0. The van der Waals surface area contributed by atoms with Crippen molar-refractivity contribution in [2.45, 2.75) is 6.18 Å². The van der Waals surface area contributed by atoms with E-state index in [1.54, 1.807) is 40.2 Å². The molecule has 2 heterocycles. The van der Waals surface area contributed by atoms with Crippen LogP contribution in [0.15, 0.2) is 35.1 Å². The minimum Gasteiger partial charge on any atom is -0.346 e. The van der Waals surface area contributed by atoms with E-state index in [1.807, 2.05) is 14.1 Å². The van der Waals surface area contributed by atoms with Crippen molar-refractivity contribution >= 4 is 5.95 Å². The number of benzene rings is 1. The summed E-state index contributed by atoms with van der Waals surface area (Å²) in [4.78, 5) is 9.21. The topological polar surface area (TPSA) is 72.9 Å². The number of anilines is 1. The van der Waals surface area contributed by atoms with Gasteiger partial charge in [-0.15, -0.1) is 5.10 Å². The number of hydrogen-bond acceptors (Lipinski definition) is 6. The predicted molar refractivity (Wildman–Crippen MR) is 74.0 cm³/mol. The lowest BCUT2D eigenvalue weighted by Crippen LogP contribution is -2.10. The van der Waals surface area contributed by atoms with Crippen LogP contribution in [-0.4, -0.2) is 39.0 Å². The zero-order valence-electron chi connectivity index (χ0n) is 12.1. The fourth-order valence-electron chi connectivity index (χ4n) is 1.80. The lowest BCUT2D eigenvalue weighted by atomic mass is 10.2. The van der Waals surface area contributed by atoms with Crippen molar-refractivity contribution in [2.75, 3.05) is 19.0 Å². The van der Waals surface area contributed by atoms with Gasteiger partial charge in [-0.25, -0.2) is 4.68 Å². The molecule has 0 atom stereocenters. The maximum absolute atomic E-state index is 12.5. The molecule has 0 spiro atoms. The number of hydrogen-bond donors (Lipinski definition) is 0. The van der Waals surface area contributed by atoms with E-state index in [2.05, 4.69) is 24.7 Å². The van der Waals surface area contributed by atoms with Crippen molar-refractivity contribution in [1.29, 1.82) is 0 Å². The number of rotatable bonds is 3. The molecule has 0 aliphatic heterocycles. The summed E-state index contributed by atoms with van der Waals surface area (Å²) < 4.78 is 43.1. The van der Waals surface area contributed by atoms with E-state index in [0.29, 0.717) is 17.2 Å². The molecular weight excluding hydrogens is 313 g/mol. The van der Waals surface area contributed by atoms with Crippen LogP contribution in [0.4, 0.5) is 19.1 Å². The van der Waals surface area contributed by atoms with E-state index in [9.17, 15) is 13.2 Å². The lowest BCUT2D eigenvalue weighted by molar-refractivity contribution is -0.159. The van der Waals surface area contributed by atoms with Gasteiger partial charge in [-0.3, -0.25) is 0 Å². The van der Waals surface area contributed by atoms with E-state index in [0.717, 1.165) is 0 Å². The van der Waals surface area contributed by atoms with Crippen LogP contribution in [0.1, 0.15) is 5.89 Å². The molecule has 23 heavy (non-hydrogen) atoms. The van der Waals surface area contributed by atoms with Crippen LogP contribution >= 0.6 is 0 Å². The fourth-order valence-corrected chi connectivity index (χ4v) is 1.80. The van der Waals surface area contributed by atoms with Crippen LogP contribution < -0.4 is 4.90 Å². The lowest BCUT2D eigenvalue weighted by Gasteiger charge is -2.05. The highest BCUT2D eigenvalue weighted by Gasteiger charge is 2.38. The van der Waals surface area contributed by atoms with Crippen LogP contribution in [0.5, 0.6) is 0 Å². The first-order chi connectivity index (χ1) is 10.8. The third-order valence-electron chi connectivity index (χ3n) is 2.94. The summed E-state index contributed by atoms with van der Waals surface area (Å²) in [5.41, 5.74) is 1.11. The van der Waals surface area contributed by atoms with Gasteiger partial charge in [0, 0.05) is 19.7 Å². The Morgan fingerprint density at radius 3 is 2.35 bits per heavy atom. The number of alkyl halides is 3. The summed E-state index contributed by atoms with van der Waals surface area (Å²) in [5, 5.41) is 7.59. The van der Waals surface area contributed by atoms with E-state index in [4.69, 9.17) is 0 Å². The molecule has 0 aliphatic carbocycles. The van der Waals surface area contributed by atoms with Gasteiger partial charge in [-0.2, -0.15) is 23.1 Å². The van der Waals surface area contributed by atoms with Crippen molar-refractivity contribution in [1.82, 2.24) is 24.9 Å². The quantitative estimate of drug-likeness (QED) is 0.736. The SMILES string of the molecule is CN(C)c1ncn(-c2ccc(-c3noc(C(F)(F)F)n3)cc2)n1. The minimum atomic E-state index is -4.66. The Labute approximate surface area is 128 Å². The molecule has 0 unspecified atom stereocenters. The van der Waals surface area contributed by atoms with Crippen LogP contribution in [0.25, 0.3) is 17.1 Å².